The van der Waals surface area contributed by atoms with Crippen molar-refractivity contribution in [2.75, 3.05) is 13.2 Å². The molecule has 0 fully saturated rings. The van der Waals surface area contributed by atoms with Crippen LogP contribution < -0.4 is 0 Å². The average molecular weight is 497 g/mol. The fourth-order valence-corrected chi connectivity index (χ4v) is 4.79. The quantitative estimate of drug-likeness (QED) is 0.257. The topological polar surface area (TPSA) is 60.9 Å². The van der Waals surface area contributed by atoms with Gasteiger partial charge < -0.3 is 9.80 Å². The largest absolute Gasteiger partial charge is 0.349 e. The summed E-state index contributed by atoms with van der Waals surface area (Å²) in [5.74, 6) is 1.03. The highest BCUT2D eigenvalue weighted by Gasteiger charge is 2.29. The molecule has 0 amide bonds. The van der Waals surface area contributed by atoms with E-state index < -0.39 is 0 Å². The Kier molecular flexibility index (Phi) is 7.59. The number of aromatic amines is 1. The van der Waals surface area contributed by atoms with E-state index in [0.29, 0.717) is 31.5 Å². The van der Waals surface area contributed by atoms with Gasteiger partial charge in [0.25, 0.3) is 0 Å². The van der Waals surface area contributed by atoms with E-state index in [1.807, 2.05) is 41.3 Å². The molecule has 0 saturated heterocycles. The fourth-order valence-electron chi connectivity index (χ4n) is 4.79. The summed E-state index contributed by atoms with van der Waals surface area (Å²) in [4.78, 5) is 4.09. The van der Waals surface area contributed by atoms with E-state index >= 15 is 4.39 Å². The summed E-state index contributed by atoms with van der Waals surface area (Å²) in [6.45, 7) is 6.30. The highest BCUT2D eigenvalue weighted by atomic mass is 19.1. The zero-order chi connectivity index (χ0) is 25.6. The lowest BCUT2D eigenvalue weighted by molar-refractivity contribution is 0.218. The van der Waals surface area contributed by atoms with Gasteiger partial charge in [-0.3, -0.25) is 0 Å². The molecule has 3 aromatic carbocycles. The van der Waals surface area contributed by atoms with Crippen LogP contribution in [-0.2, 0) is 13.0 Å². The second-order valence-corrected chi connectivity index (χ2v) is 9.99. The summed E-state index contributed by atoms with van der Waals surface area (Å²) in [6.07, 6.45) is 2.55. The maximum absolute atomic E-state index is 15.6. The van der Waals surface area contributed by atoms with Crippen LogP contribution in [0.25, 0.3) is 22.5 Å². The standard InChI is InChI=1S/C30H33FN6/c1-22(2)12-17-28-29(31)36(19-18-23-8-4-3-5-9-23)21-37(28)20-24-13-15-25(16-14-24)26-10-6-7-11-27(26)30-32-34-35-33-30/h3-11,13-16,22H,12,17-21H2,1-2H3,(H,32,33,34,35). The number of aromatic nitrogens is 4. The number of allylic oxidation sites excluding steroid dienone is 1. The molecule has 6 nitrogen and oxygen atoms in total. The lowest BCUT2D eigenvalue weighted by Gasteiger charge is -2.24. The Morgan fingerprint density at radius 3 is 2.27 bits per heavy atom. The van der Waals surface area contributed by atoms with Crippen LogP contribution in [0.4, 0.5) is 4.39 Å². The van der Waals surface area contributed by atoms with Gasteiger partial charge in [0, 0.05) is 18.7 Å². The number of rotatable bonds is 10. The highest BCUT2D eigenvalue weighted by molar-refractivity contribution is 5.80. The number of halogens is 1. The van der Waals surface area contributed by atoms with Gasteiger partial charge in [0.2, 0.25) is 11.8 Å². The average Bonchev–Trinajstić information content (AvgIpc) is 3.56. The molecular weight excluding hydrogens is 463 g/mol. The number of hydrogen-bond donors (Lipinski definition) is 1. The molecule has 1 N–H and O–H groups in total. The first kappa shape index (κ1) is 24.7. The number of nitrogens with one attached hydrogen (secondary N) is 1. The maximum Gasteiger partial charge on any atom is 0.210 e. The first-order valence-corrected chi connectivity index (χ1v) is 12.9. The molecule has 0 radical (unpaired) electrons. The van der Waals surface area contributed by atoms with Crippen molar-refractivity contribution in [3.63, 3.8) is 0 Å². The monoisotopic (exact) mass is 496 g/mol. The molecule has 7 heteroatoms. The molecule has 190 valence electrons. The molecule has 1 aliphatic heterocycles. The number of H-pyrrole nitrogens is 1. The van der Waals surface area contributed by atoms with Gasteiger partial charge in [-0.25, -0.2) is 0 Å². The SMILES string of the molecule is CC(C)CCC1=C(F)N(CCc2ccccc2)CN1Cc1ccc(-c2ccccc2-c2nn[nH]n2)cc1. The van der Waals surface area contributed by atoms with Crippen molar-refractivity contribution in [3.8, 4) is 22.5 Å². The van der Waals surface area contributed by atoms with E-state index in [4.69, 9.17) is 0 Å². The van der Waals surface area contributed by atoms with Crippen molar-refractivity contribution in [1.29, 1.82) is 0 Å². The predicted octanol–water partition coefficient (Wildman–Crippen LogP) is 6.43. The van der Waals surface area contributed by atoms with Gasteiger partial charge in [-0.1, -0.05) is 92.7 Å². The molecule has 2 heterocycles. The van der Waals surface area contributed by atoms with Crippen LogP contribution in [0.2, 0.25) is 0 Å². The van der Waals surface area contributed by atoms with Crippen LogP contribution in [0.3, 0.4) is 0 Å². The molecule has 0 aliphatic carbocycles. The molecule has 1 aromatic heterocycles. The van der Waals surface area contributed by atoms with Crippen molar-refractivity contribution < 1.29 is 4.39 Å². The second-order valence-electron chi connectivity index (χ2n) is 9.99. The first-order chi connectivity index (χ1) is 18.1. The molecule has 0 unspecified atom stereocenters. The molecule has 0 atom stereocenters. The van der Waals surface area contributed by atoms with Crippen LogP contribution in [-0.4, -0.2) is 43.6 Å². The summed E-state index contributed by atoms with van der Waals surface area (Å²) >= 11 is 0. The third-order valence-electron chi connectivity index (χ3n) is 6.86. The van der Waals surface area contributed by atoms with Crippen molar-refractivity contribution in [1.82, 2.24) is 30.4 Å². The van der Waals surface area contributed by atoms with Crippen molar-refractivity contribution in [2.24, 2.45) is 5.92 Å². The van der Waals surface area contributed by atoms with Gasteiger partial charge in [0.15, 0.2) is 0 Å². The van der Waals surface area contributed by atoms with Gasteiger partial charge in [0.05, 0.1) is 12.4 Å². The Hall–Kier alpha value is -4.00. The van der Waals surface area contributed by atoms with E-state index in [2.05, 4.69) is 81.8 Å². The van der Waals surface area contributed by atoms with E-state index in [1.165, 1.54) is 5.56 Å². The third kappa shape index (κ3) is 5.88. The molecule has 1 aliphatic rings. The summed E-state index contributed by atoms with van der Waals surface area (Å²) < 4.78 is 15.6. The van der Waals surface area contributed by atoms with E-state index in [9.17, 15) is 0 Å². The Morgan fingerprint density at radius 1 is 0.838 bits per heavy atom. The summed E-state index contributed by atoms with van der Waals surface area (Å²) in [7, 11) is 0. The van der Waals surface area contributed by atoms with Gasteiger partial charge in [-0.05, 0) is 52.6 Å². The zero-order valence-electron chi connectivity index (χ0n) is 21.4. The van der Waals surface area contributed by atoms with Crippen molar-refractivity contribution in [2.45, 2.75) is 39.7 Å². The van der Waals surface area contributed by atoms with E-state index in [1.54, 1.807) is 0 Å². The van der Waals surface area contributed by atoms with Crippen LogP contribution >= 0.6 is 0 Å². The van der Waals surface area contributed by atoms with Gasteiger partial charge in [-0.15, -0.1) is 10.2 Å². The molecule has 0 spiro atoms. The third-order valence-corrected chi connectivity index (χ3v) is 6.86. The minimum absolute atomic E-state index is 0.0674. The predicted molar refractivity (Wildman–Crippen MR) is 145 cm³/mol. The van der Waals surface area contributed by atoms with Crippen LogP contribution in [0.5, 0.6) is 0 Å². The maximum atomic E-state index is 15.6. The Balaban J connectivity index is 1.31. The number of benzene rings is 3. The normalized spacial score (nSPS) is 13.7. The lowest BCUT2D eigenvalue weighted by atomic mass is 9.98. The van der Waals surface area contributed by atoms with Crippen LogP contribution in [0, 0.1) is 5.92 Å². The second kappa shape index (κ2) is 11.4. The number of tetrazole rings is 1. The lowest BCUT2D eigenvalue weighted by Crippen LogP contribution is -2.29. The van der Waals surface area contributed by atoms with Crippen LogP contribution in [0.15, 0.2) is 90.5 Å². The molecule has 37 heavy (non-hydrogen) atoms. The molecule has 0 saturated carbocycles. The van der Waals surface area contributed by atoms with E-state index in [-0.39, 0.29) is 5.95 Å². The minimum atomic E-state index is -0.0674. The fraction of sp³-hybridized carbons (Fsp3) is 0.300. The van der Waals surface area contributed by atoms with Crippen LogP contribution in [0.1, 0.15) is 37.8 Å². The molecular formula is C30H33FN6. The first-order valence-electron chi connectivity index (χ1n) is 12.9. The van der Waals surface area contributed by atoms with Crippen molar-refractivity contribution >= 4 is 0 Å². The molecule has 0 bridgehead atoms. The van der Waals surface area contributed by atoms with Crippen molar-refractivity contribution in [3.05, 3.63) is 102 Å². The Bertz CT molecular complexity index is 1320. The summed E-state index contributed by atoms with van der Waals surface area (Å²) in [5.41, 5.74) is 6.27. The zero-order valence-corrected chi connectivity index (χ0v) is 21.4. The number of nitrogens with zero attached hydrogens (tertiary/aromatic N) is 5. The molecule has 4 aromatic rings. The molecule has 5 rings (SSSR count). The number of hydrogen-bond acceptors (Lipinski definition) is 5. The van der Waals surface area contributed by atoms with Gasteiger partial charge in [0.1, 0.15) is 0 Å². The highest BCUT2D eigenvalue weighted by Crippen LogP contribution is 2.33. The Labute approximate surface area is 217 Å². The van der Waals surface area contributed by atoms with Gasteiger partial charge >= 0.3 is 0 Å². The summed E-state index contributed by atoms with van der Waals surface area (Å²) in [5, 5.41) is 14.5. The smallest absolute Gasteiger partial charge is 0.210 e. The Morgan fingerprint density at radius 2 is 1.57 bits per heavy atom. The van der Waals surface area contributed by atoms with Gasteiger partial charge in [-0.2, -0.15) is 9.60 Å². The summed E-state index contributed by atoms with van der Waals surface area (Å²) in [6, 6.07) is 26.8. The minimum Gasteiger partial charge on any atom is -0.349 e. The van der Waals surface area contributed by atoms with E-state index in [0.717, 1.165) is 47.2 Å².